The number of thiophene rings is 1. The molecule has 0 spiro atoms. The highest BCUT2D eigenvalue weighted by Crippen LogP contribution is 2.27. The minimum absolute atomic E-state index is 0.109. The fourth-order valence-corrected chi connectivity index (χ4v) is 5.68. The Morgan fingerprint density at radius 3 is 2.76 bits per heavy atom. The van der Waals surface area contributed by atoms with Crippen LogP contribution in [0.1, 0.15) is 17.7 Å². The molecule has 1 aromatic carbocycles. The molecule has 0 radical (unpaired) electrons. The number of anilines is 1. The molecule has 2 aromatic rings. The molecule has 136 valence electrons. The molecule has 1 aliphatic rings. The third-order valence-corrected chi connectivity index (χ3v) is 7.72. The Labute approximate surface area is 152 Å². The number of hydrogen-bond acceptors (Lipinski definition) is 6. The Morgan fingerprint density at radius 1 is 1.28 bits per heavy atom. The molecule has 6 nitrogen and oxygen atoms in total. The van der Waals surface area contributed by atoms with Gasteiger partial charge in [-0.25, -0.2) is 8.42 Å². The number of methoxy groups -OCH3 is 1. The molecule has 0 amide bonds. The topological polar surface area (TPSA) is 84.7 Å². The molecule has 1 aliphatic heterocycles. The van der Waals surface area contributed by atoms with E-state index in [4.69, 9.17) is 10.5 Å². The predicted molar refractivity (Wildman–Crippen MR) is 101 cm³/mol. The van der Waals surface area contributed by atoms with Gasteiger partial charge in [0.05, 0.1) is 7.11 Å². The maximum absolute atomic E-state index is 12.7. The van der Waals surface area contributed by atoms with Crippen molar-refractivity contribution in [1.82, 2.24) is 4.31 Å². The van der Waals surface area contributed by atoms with Crippen molar-refractivity contribution in [3.8, 4) is 5.75 Å². The summed E-state index contributed by atoms with van der Waals surface area (Å²) in [6.07, 6.45) is 1.43. The van der Waals surface area contributed by atoms with Crippen molar-refractivity contribution in [2.75, 3.05) is 25.5 Å². The average Bonchev–Trinajstić information content (AvgIpc) is 3.10. The molecule has 3 rings (SSSR count). The second kappa shape index (κ2) is 7.74. The molecule has 2 heterocycles. The minimum Gasteiger partial charge on any atom is -0.497 e. The van der Waals surface area contributed by atoms with E-state index in [1.54, 1.807) is 17.5 Å². The molecular weight excluding hydrogens is 358 g/mol. The third-order valence-electron chi connectivity index (χ3n) is 4.27. The van der Waals surface area contributed by atoms with Gasteiger partial charge >= 0.3 is 0 Å². The molecule has 8 heteroatoms. The quantitative estimate of drug-likeness (QED) is 0.803. The van der Waals surface area contributed by atoms with Crippen LogP contribution in [0.5, 0.6) is 5.75 Å². The first-order valence-electron chi connectivity index (χ1n) is 8.21. The molecule has 0 unspecified atom stereocenters. The summed E-state index contributed by atoms with van der Waals surface area (Å²) in [5, 5.41) is 3.29. The van der Waals surface area contributed by atoms with Crippen molar-refractivity contribution in [2.24, 2.45) is 5.73 Å². The van der Waals surface area contributed by atoms with Crippen LogP contribution in [0.2, 0.25) is 0 Å². The number of piperidine rings is 1. The average molecular weight is 382 g/mol. The Kier molecular flexibility index (Phi) is 5.63. The molecular formula is C17H23N3O3S2. The molecule has 1 aromatic heterocycles. The lowest BCUT2D eigenvalue weighted by Crippen LogP contribution is -2.42. The van der Waals surface area contributed by atoms with Crippen molar-refractivity contribution >= 4 is 27.0 Å². The predicted octanol–water partition coefficient (Wildman–Crippen LogP) is 2.48. The fraction of sp³-hybridized carbons (Fsp3) is 0.412. The third kappa shape index (κ3) is 4.33. The normalized spacial score (nSPS) is 16.7. The molecule has 0 saturated carbocycles. The second-order valence-corrected chi connectivity index (χ2v) is 9.38. The minimum atomic E-state index is -3.41. The molecule has 25 heavy (non-hydrogen) atoms. The first-order valence-corrected chi connectivity index (χ1v) is 10.5. The van der Waals surface area contributed by atoms with Crippen LogP contribution >= 0.6 is 11.3 Å². The summed E-state index contributed by atoms with van der Waals surface area (Å²) < 4.78 is 32.6. The lowest BCUT2D eigenvalue weighted by Gasteiger charge is -2.28. The van der Waals surface area contributed by atoms with E-state index in [1.165, 1.54) is 11.3 Å². The molecule has 0 atom stereocenters. The number of benzene rings is 1. The van der Waals surface area contributed by atoms with Crippen LogP contribution in [0.25, 0.3) is 0 Å². The highest BCUT2D eigenvalue weighted by Gasteiger charge is 2.29. The summed E-state index contributed by atoms with van der Waals surface area (Å²) >= 11 is 1.31. The summed E-state index contributed by atoms with van der Waals surface area (Å²) in [6, 6.07) is 11.3. The number of hydrogen-bond donors (Lipinski definition) is 2. The van der Waals surface area contributed by atoms with Gasteiger partial charge in [-0.1, -0.05) is 6.07 Å². The molecule has 1 fully saturated rings. The number of nitrogens with two attached hydrogens (primary N) is 1. The molecule has 3 N–H and O–H groups in total. The van der Waals surface area contributed by atoms with Gasteiger partial charge in [0.2, 0.25) is 0 Å². The highest BCUT2D eigenvalue weighted by molar-refractivity contribution is 7.91. The van der Waals surface area contributed by atoms with Gasteiger partial charge in [-0.2, -0.15) is 4.31 Å². The largest absolute Gasteiger partial charge is 0.497 e. The number of rotatable bonds is 6. The zero-order valence-corrected chi connectivity index (χ0v) is 15.8. The first kappa shape index (κ1) is 18.2. The molecule has 0 aliphatic carbocycles. The van der Waals surface area contributed by atoms with E-state index >= 15 is 0 Å². The fourth-order valence-electron chi connectivity index (χ4n) is 2.76. The Hall–Kier alpha value is -1.61. The van der Waals surface area contributed by atoms with E-state index in [-0.39, 0.29) is 6.04 Å². The highest BCUT2D eigenvalue weighted by atomic mass is 32.2. The first-order chi connectivity index (χ1) is 12.0. The smallest absolute Gasteiger partial charge is 0.252 e. The van der Waals surface area contributed by atoms with Crippen LogP contribution in [0.15, 0.2) is 40.6 Å². The van der Waals surface area contributed by atoms with Crippen LogP contribution in [0, 0.1) is 0 Å². The zero-order chi connectivity index (χ0) is 17.9. The van der Waals surface area contributed by atoms with E-state index in [0.29, 0.717) is 23.8 Å². The lowest BCUT2D eigenvalue weighted by molar-refractivity contribution is 0.320. The second-order valence-electron chi connectivity index (χ2n) is 6.05. The Bertz CT molecular complexity index is 812. The van der Waals surface area contributed by atoms with Gasteiger partial charge in [0.25, 0.3) is 10.0 Å². The summed E-state index contributed by atoms with van der Waals surface area (Å²) in [7, 11) is -1.78. The SMILES string of the molecule is COc1cccc(NCc2ccc(S(=O)(=O)N3CCC(N)CC3)s2)c1. The van der Waals surface area contributed by atoms with Gasteiger partial charge in [0, 0.05) is 42.3 Å². The van der Waals surface area contributed by atoms with Gasteiger partial charge < -0.3 is 15.8 Å². The van der Waals surface area contributed by atoms with E-state index in [1.807, 2.05) is 30.3 Å². The Balaban J connectivity index is 1.65. The maximum atomic E-state index is 12.7. The van der Waals surface area contributed by atoms with E-state index in [9.17, 15) is 8.42 Å². The van der Waals surface area contributed by atoms with Gasteiger partial charge in [-0.3, -0.25) is 0 Å². The van der Waals surface area contributed by atoms with E-state index in [2.05, 4.69) is 5.32 Å². The number of nitrogens with zero attached hydrogens (tertiary/aromatic N) is 1. The molecule has 1 saturated heterocycles. The van der Waals surface area contributed by atoms with Crippen molar-refractivity contribution in [3.05, 3.63) is 41.3 Å². The van der Waals surface area contributed by atoms with Crippen LogP contribution in [0.3, 0.4) is 0 Å². The van der Waals surface area contributed by atoms with E-state index < -0.39 is 10.0 Å². The van der Waals surface area contributed by atoms with Crippen LogP contribution in [-0.2, 0) is 16.6 Å². The maximum Gasteiger partial charge on any atom is 0.252 e. The van der Waals surface area contributed by atoms with Crippen LogP contribution < -0.4 is 15.8 Å². The van der Waals surface area contributed by atoms with Crippen molar-refractivity contribution < 1.29 is 13.2 Å². The van der Waals surface area contributed by atoms with Gasteiger partial charge in [-0.05, 0) is 37.1 Å². The lowest BCUT2D eigenvalue weighted by atomic mass is 10.1. The summed E-state index contributed by atoms with van der Waals surface area (Å²) in [4.78, 5) is 0.968. The van der Waals surface area contributed by atoms with Crippen molar-refractivity contribution in [2.45, 2.75) is 29.6 Å². The van der Waals surface area contributed by atoms with Crippen LogP contribution in [0.4, 0.5) is 5.69 Å². The number of nitrogens with one attached hydrogen (secondary N) is 1. The van der Waals surface area contributed by atoms with Gasteiger partial charge in [0.1, 0.15) is 9.96 Å². The Morgan fingerprint density at radius 2 is 2.04 bits per heavy atom. The van der Waals surface area contributed by atoms with Gasteiger partial charge in [-0.15, -0.1) is 11.3 Å². The monoisotopic (exact) mass is 381 g/mol. The number of ether oxygens (including phenoxy) is 1. The van der Waals surface area contributed by atoms with Crippen molar-refractivity contribution in [3.63, 3.8) is 0 Å². The van der Waals surface area contributed by atoms with Crippen molar-refractivity contribution in [1.29, 1.82) is 0 Å². The summed E-state index contributed by atoms with van der Waals surface area (Å²) in [5.74, 6) is 0.780. The standard InChI is InChI=1S/C17H23N3O3S2/c1-23-15-4-2-3-14(11-15)19-12-16-5-6-17(24-16)25(21,22)20-9-7-13(18)8-10-20/h2-6,11,13,19H,7-10,12,18H2,1H3. The number of sulfonamides is 1. The van der Waals surface area contributed by atoms with E-state index in [0.717, 1.165) is 29.2 Å². The summed E-state index contributed by atoms with van der Waals surface area (Å²) in [6.45, 7) is 1.57. The molecule has 0 bridgehead atoms. The zero-order valence-electron chi connectivity index (χ0n) is 14.1. The van der Waals surface area contributed by atoms with Crippen LogP contribution in [-0.4, -0.2) is 39.0 Å². The summed E-state index contributed by atoms with van der Waals surface area (Å²) in [5.41, 5.74) is 6.80. The van der Waals surface area contributed by atoms with Gasteiger partial charge in [0.15, 0.2) is 0 Å².